The van der Waals surface area contributed by atoms with Crippen LogP contribution >= 0.6 is 0 Å². The highest BCUT2D eigenvalue weighted by molar-refractivity contribution is 5.84. The molecule has 5 atom stereocenters. The third-order valence-electron chi connectivity index (χ3n) is 3.06. The highest BCUT2D eigenvalue weighted by Crippen LogP contribution is 2.24. The molecule has 9 heteroatoms. The Morgan fingerprint density at radius 2 is 2.10 bits per heavy atom. The zero-order valence-corrected chi connectivity index (χ0v) is 11.6. The quantitative estimate of drug-likeness (QED) is 0.365. The molecule has 0 spiro atoms. The molecule has 0 fully saturated rings. The van der Waals surface area contributed by atoms with Gasteiger partial charge in [-0.1, -0.05) is 0 Å². The van der Waals surface area contributed by atoms with Crippen LogP contribution in [0.15, 0.2) is 11.8 Å². The molecule has 1 amide bonds. The summed E-state index contributed by atoms with van der Waals surface area (Å²) in [5.41, 5.74) is 0. The molecule has 0 bridgehead atoms. The zero-order valence-electron chi connectivity index (χ0n) is 11.6. The number of aliphatic hydroxyl groups is 3. The maximum absolute atomic E-state index is 11.2. The van der Waals surface area contributed by atoms with E-state index in [0.29, 0.717) is 0 Å². The van der Waals surface area contributed by atoms with Crippen molar-refractivity contribution in [3.8, 4) is 0 Å². The molecule has 1 aliphatic heterocycles. The average Bonchev–Trinajstić information content (AvgIpc) is 2.44. The summed E-state index contributed by atoms with van der Waals surface area (Å²) in [5, 5.41) is 39.8. The van der Waals surface area contributed by atoms with Crippen molar-refractivity contribution in [3.63, 3.8) is 0 Å². The van der Waals surface area contributed by atoms with Crippen LogP contribution in [0.4, 0.5) is 0 Å². The summed E-state index contributed by atoms with van der Waals surface area (Å²) in [6, 6.07) is -0.924. The number of hydrogen-bond acceptors (Lipinski definition) is 7. The Kier molecular flexibility index (Phi) is 6.09. The number of carbonyl (C=O) groups is 2. The lowest BCUT2D eigenvalue weighted by Crippen LogP contribution is -2.60. The van der Waals surface area contributed by atoms with Gasteiger partial charge in [0.25, 0.3) is 0 Å². The van der Waals surface area contributed by atoms with E-state index in [-0.39, 0.29) is 0 Å². The molecule has 120 valence electrons. The van der Waals surface area contributed by atoms with Crippen molar-refractivity contribution in [2.45, 2.75) is 37.4 Å². The lowest BCUT2D eigenvalue weighted by Gasteiger charge is -2.39. The number of aliphatic hydroxyl groups excluding tert-OH is 3. The van der Waals surface area contributed by atoms with Crippen LogP contribution in [-0.4, -0.2) is 76.5 Å². The van der Waals surface area contributed by atoms with Crippen LogP contribution < -0.4 is 5.32 Å². The summed E-state index contributed by atoms with van der Waals surface area (Å²) in [7, 11) is 1.30. The highest BCUT2D eigenvalue weighted by Gasteiger charge is 2.43. The summed E-state index contributed by atoms with van der Waals surface area (Å²) in [6.45, 7) is 0.479. The summed E-state index contributed by atoms with van der Waals surface area (Å²) < 4.78 is 10.2. The number of carbonyl (C=O) groups excluding carboxylic acids is 1. The van der Waals surface area contributed by atoms with Crippen LogP contribution in [0, 0.1) is 0 Å². The molecule has 0 aromatic rings. The Hall–Kier alpha value is -1.68. The van der Waals surface area contributed by atoms with Crippen LogP contribution in [0.25, 0.3) is 0 Å². The van der Waals surface area contributed by atoms with Gasteiger partial charge in [0.1, 0.15) is 18.3 Å². The fourth-order valence-electron chi connectivity index (χ4n) is 2.04. The molecule has 5 N–H and O–H groups in total. The van der Waals surface area contributed by atoms with Gasteiger partial charge >= 0.3 is 5.97 Å². The van der Waals surface area contributed by atoms with E-state index in [0.717, 1.165) is 6.08 Å². The fourth-order valence-corrected chi connectivity index (χ4v) is 2.04. The maximum Gasteiger partial charge on any atom is 0.370 e. The van der Waals surface area contributed by atoms with E-state index in [9.17, 15) is 19.8 Å². The van der Waals surface area contributed by atoms with Gasteiger partial charge in [0.15, 0.2) is 6.10 Å². The lowest BCUT2D eigenvalue weighted by atomic mass is 9.93. The largest absolute Gasteiger partial charge is 0.478 e. The molecule has 0 aliphatic carbocycles. The summed E-state index contributed by atoms with van der Waals surface area (Å²) >= 11 is 0. The minimum atomic E-state index is -1.62. The standard InChI is InChI=1S/C12H19NO8/c1-5(15)13-9-7(20-2)3-8(12(18)19)21-11(9)10(17)6(16)4-14/h3,6-7,9-11,14,16-17H,4H2,1-2H3,(H,13,15)(H,18,19)/t6-,7+,9-,10-,11-/m1/s1. The first kappa shape index (κ1) is 17.4. The van der Waals surface area contributed by atoms with E-state index in [2.05, 4.69) is 5.32 Å². The Bertz CT molecular complexity index is 423. The SMILES string of the molecule is CO[C@H]1C=C(C(=O)O)O[C@@H]([C@H](O)[C@H](O)CO)[C@@H]1NC(C)=O. The number of nitrogens with one attached hydrogen (secondary N) is 1. The van der Waals surface area contributed by atoms with Gasteiger partial charge in [-0.2, -0.15) is 0 Å². The Labute approximate surface area is 120 Å². The van der Waals surface area contributed by atoms with E-state index >= 15 is 0 Å². The van der Waals surface area contributed by atoms with E-state index in [4.69, 9.17) is 19.7 Å². The molecule has 1 aliphatic rings. The zero-order chi connectivity index (χ0) is 16.2. The van der Waals surface area contributed by atoms with Crippen LogP contribution in [0.5, 0.6) is 0 Å². The molecular formula is C12H19NO8. The first-order valence-electron chi connectivity index (χ1n) is 6.20. The maximum atomic E-state index is 11.2. The van der Waals surface area contributed by atoms with Crippen molar-refractivity contribution in [2.24, 2.45) is 0 Å². The van der Waals surface area contributed by atoms with Gasteiger partial charge in [0, 0.05) is 14.0 Å². The monoisotopic (exact) mass is 305 g/mol. The normalized spacial score (nSPS) is 28.0. The van der Waals surface area contributed by atoms with Crippen LogP contribution in [0.3, 0.4) is 0 Å². The van der Waals surface area contributed by atoms with Crippen molar-refractivity contribution in [3.05, 3.63) is 11.8 Å². The molecule has 0 aromatic heterocycles. The number of methoxy groups -OCH3 is 1. The third kappa shape index (κ3) is 4.14. The van der Waals surface area contributed by atoms with Gasteiger partial charge in [-0.3, -0.25) is 4.79 Å². The van der Waals surface area contributed by atoms with E-state index in [1.54, 1.807) is 0 Å². The number of hydrogen-bond donors (Lipinski definition) is 5. The van der Waals surface area contributed by atoms with Crippen molar-refractivity contribution in [1.29, 1.82) is 0 Å². The van der Waals surface area contributed by atoms with Gasteiger partial charge in [0.2, 0.25) is 11.7 Å². The van der Waals surface area contributed by atoms with Crippen molar-refractivity contribution in [2.75, 3.05) is 13.7 Å². The second-order valence-electron chi connectivity index (χ2n) is 4.59. The fraction of sp³-hybridized carbons (Fsp3) is 0.667. The predicted molar refractivity (Wildman–Crippen MR) is 68.1 cm³/mol. The highest BCUT2D eigenvalue weighted by atomic mass is 16.5. The first-order chi connectivity index (χ1) is 9.81. The molecule has 1 rings (SSSR count). The second kappa shape index (κ2) is 7.36. The predicted octanol–water partition coefficient (Wildman–Crippen LogP) is -2.41. The summed E-state index contributed by atoms with van der Waals surface area (Å²) in [4.78, 5) is 22.3. The molecule has 0 saturated carbocycles. The Balaban J connectivity index is 3.12. The number of rotatable bonds is 6. The van der Waals surface area contributed by atoms with E-state index in [1.165, 1.54) is 14.0 Å². The molecular weight excluding hydrogens is 286 g/mol. The number of aliphatic carboxylic acids is 1. The molecule has 0 unspecified atom stereocenters. The summed E-state index contributed by atoms with van der Waals surface area (Å²) in [5.74, 6) is -2.31. The van der Waals surface area contributed by atoms with Gasteiger partial charge in [-0.25, -0.2) is 4.79 Å². The lowest BCUT2D eigenvalue weighted by molar-refractivity contribution is -0.150. The van der Waals surface area contributed by atoms with E-state index < -0.39 is 54.7 Å². The van der Waals surface area contributed by atoms with Crippen LogP contribution in [-0.2, 0) is 19.1 Å². The topological polar surface area (TPSA) is 146 Å². The van der Waals surface area contributed by atoms with Gasteiger partial charge < -0.3 is 35.2 Å². The molecule has 0 aromatic carbocycles. The van der Waals surface area contributed by atoms with Crippen molar-refractivity contribution >= 4 is 11.9 Å². The Morgan fingerprint density at radius 3 is 2.52 bits per heavy atom. The number of ether oxygens (including phenoxy) is 2. The summed E-state index contributed by atoms with van der Waals surface area (Å²) in [6.07, 6.45) is -4.20. The average molecular weight is 305 g/mol. The smallest absolute Gasteiger partial charge is 0.370 e. The molecule has 1 heterocycles. The minimum absolute atomic E-state index is 0.450. The third-order valence-corrected chi connectivity index (χ3v) is 3.06. The molecule has 0 radical (unpaired) electrons. The second-order valence-corrected chi connectivity index (χ2v) is 4.59. The molecule has 9 nitrogen and oxygen atoms in total. The molecule has 21 heavy (non-hydrogen) atoms. The number of carboxylic acid groups (broad SMARTS) is 1. The van der Waals surface area contributed by atoms with Crippen molar-refractivity contribution < 1.29 is 39.5 Å². The molecule has 0 saturated heterocycles. The number of carboxylic acids is 1. The van der Waals surface area contributed by atoms with Gasteiger partial charge in [0.05, 0.1) is 12.6 Å². The van der Waals surface area contributed by atoms with Crippen LogP contribution in [0.2, 0.25) is 0 Å². The minimum Gasteiger partial charge on any atom is -0.478 e. The van der Waals surface area contributed by atoms with Gasteiger partial charge in [-0.05, 0) is 6.08 Å². The first-order valence-corrected chi connectivity index (χ1v) is 6.20. The van der Waals surface area contributed by atoms with Gasteiger partial charge in [-0.15, -0.1) is 0 Å². The number of amides is 1. The van der Waals surface area contributed by atoms with Crippen LogP contribution in [0.1, 0.15) is 6.92 Å². The van der Waals surface area contributed by atoms with E-state index in [1.807, 2.05) is 0 Å². The van der Waals surface area contributed by atoms with Crippen molar-refractivity contribution in [1.82, 2.24) is 5.32 Å². The Morgan fingerprint density at radius 1 is 1.48 bits per heavy atom.